The maximum Gasteiger partial charge on any atom is 0.141 e. The zero-order valence-electron chi connectivity index (χ0n) is 9.78. The van der Waals surface area contributed by atoms with Crippen molar-refractivity contribution < 1.29 is 0 Å². The summed E-state index contributed by atoms with van der Waals surface area (Å²) in [5.41, 5.74) is 8.57. The van der Waals surface area contributed by atoms with Crippen LogP contribution in [0.4, 0.5) is 11.5 Å². The van der Waals surface area contributed by atoms with E-state index in [1.807, 2.05) is 50.2 Å². The number of nitrogens with one attached hydrogen (secondary N) is 1. The number of rotatable bonds is 2. The first-order chi connectivity index (χ1) is 7.59. The first kappa shape index (κ1) is 10.5. The standard InChI is InChI=1S/C12H16N4/c1-8-12(16(2)3)15-11(14-8)9-6-4-5-7-10(9)13/h4-7H,13H2,1-3H3,(H,14,15). The molecule has 0 aliphatic heterocycles. The van der Waals surface area contributed by atoms with E-state index in [1.165, 1.54) is 0 Å². The molecule has 0 atom stereocenters. The second-order valence-electron chi connectivity index (χ2n) is 4.00. The Labute approximate surface area is 95.1 Å². The molecule has 16 heavy (non-hydrogen) atoms. The smallest absolute Gasteiger partial charge is 0.141 e. The van der Waals surface area contributed by atoms with Gasteiger partial charge in [0.1, 0.15) is 11.6 Å². The van der Waals surface area contributed by atoms with Gasteiger partial charge in [-0.3, -0.25) is 0 Å². The number of imidazole rings is 1. The van der Waals surface area contributed by atoms with Gasteiger partial charge in [0.15, 0.2) is 0 Å². The number of aromatic nitrogens is 2. The summed E-state index contributed by atoms with van der Waals surface area (Å²) in [4.78, 5) is 9.76. The largest absolute Gasteiger partial charge is 0.398 e. The zero-order chi connectivity index (χ0) is 11.7. The molecular formula is C12H16N4. The minimum absolute atomic E-state index is 0.738. The van der Waals surface area contributed by atoms with Crippen molar-refractivity contribution in [1.29, 1.82) is 0 Å². The van der Waals surface area contributed by atoms with Gasteiger partial charge in [0.2, 0.25) is 0 Å². The van der Waals surface area contributed by atoms with E-state index in [-0.39, 0.29) is 0 Å². The van der Waals surface area contributed by atoms with Crippen LogP contribution in [0.25, 0.3) is 11.4 Å². The monoisotopic (exact) mass is 216 g/mol. The van der Waals surface area contributed by atoms with Crippen LogP contribution in [0.5, 0.6) is 0 Å². The number of para-hydroxylation sites is 1. The molecule has 2 aromatic rings. The third kappa shape index (κ3) is 1.74. The number of nitrogens with zero attached hydrogens (tertiary/aromatic N) is 2. The van der Waals surface area contributed by atoms with Gasteiger partial charge in [-0.25, -0.2) is 4.98 Å². The minimum Gasteiger partial charge on any atom is -0.398 e. The number of aryl methyl sites for hydroxylation is 1. The third-order valence-electron chi connectivity index (χ3n) is 2.52. The van der Waals surface area contributed by atoms with Gasteiger partial charge in [0.05, 0.1) is 5.69 Å². The number of H-pyrrole nitrogens is 1. The molecule has 0 amide bonds. The molecule has 3 N–H and O–H groups in total. The Bertz CT molecular complexity index is 499. The van der Waals surface area contributed by atoms with E-state index in [1.54, 1.807) is 0 Å². The number of nitrogens with two attached hydrogens (primary N) is 1. The van der Waals surface area contributed by atoms with Gasteiger partial charge in [-0.2, -0.15) is 0 Å². The fourth-order valence-electron chi connectivity index (χ4n) is 1.73. The van der Waals surface area contributed by atoms with Crippen molar-refractivity contribution in [2.45, 2.75) is 6.92 Å². The summed E-state index contributed by atoms with van der Waals surface area (Å²) >= 11 is 0. The lowest BCUT2D eigenvalue weighted by Gasteiger charge is -2.09. The summed E-state index contributed by atoms with van der Waals surface area (Å²) in [7, 11) is 3.97. The topological polar surface area (TPSA) is 57.9 Å². The van der Waals surface area contributed by atoms with Gasteiger partial charge in [-0.15, -0.1) is 0 Å². The molecule has 1 heterocycles. The van der Waals surface area contributed by atoms with Crippen LogP contribution >= 0.6 is 0 Å². The summed E-state index contributed by atoms with van der Waals surface area (Å²) in [5, 5.41) is 0. The van der Waals surface area contributed by atoms with E-state index < -0.39 is 0 Å². The number of hydrogen-bond acceptors (Lipinski definition) is 3. The van der Waals surface area contributed by atoms with E-state index >= 15 is 0 Å². The number of nitrogen functional groups attached to an aromatic ring is 1. The molecule has 4 nitrogen and oxygen atoms in total. The van der Waals surface area contributed by atoms with E-state index in [9.17, 15) is 0 Å². The molecular weight excluding hydrogens is 200 g/mol. The molecule has 0 saturated heterocycles. The lowest BCUT2D eigenvalue weighted by atomic mass is 10.2. The van der Waals surface area contributed by atoms with Crippen molar-refractivity contribution in [3.8, 4) is 11.4 Å². The van der Waals surface area contributed by atoms with Gasteiger partial charge in [-0.1, -0.05) is 12.1 Å². The predicted octanol–water partition coefficient (Wildman–Crippen LogP) is 2.03. The molecule has 0 unspecified atom stereocenters. The highest BCUT2D eigenvalue weighted by Gasteiger charge is 2.10. The second-order valence-corrected chi connectivity index (χ2v) is 4.00. The Morgan fingerprint density at radius 1 is 1.25 bits per heavy atom. The van der Waals surface area contributed by atoms with E-state index in [2.05, 4.69) is 9.97 Å². The highest BCUT2D eigenvalue weighted by Crippen LogP contribution is 2.26. The molecule has 2 rings (SSSR count). The summed E-state index contributed by atoms with van der Waals surface area (Å²) in [6.07, 6.45) is 0. The van der Waals surface area contributed by atoms with Crippen LogP contribution in [-0.4, -0.2) is 24.1 Å². The molecule has 84 valence electrons. The normalized spacial score (nSPS) is 10.4. The minimum atomic E-state index is 0.738. The van der Waals surface area contributed by atoms with Gasteiger partial charge in [0.25, 0.3) is 0 Å². The molecule has 0 fully saturated rings. The Balaban J connectivity index is 2.50. The molecule has 1 aromatic carbocycles. The first-order valence-corrected chi connectivity index (χ1v) is 5.18. The fraction of sp³-hybridized carbons (Fsp3) is 0.250. The molecule has 0 bridgehead atoms. The molecule has 0 aliphatic carbocycles. The van der Waals surface area contributed by atoms with Crippen LogP contribution in [0.15, 0.2) is 24.3 Å². The van der Waals surface area contributed by atoms with Crippen molar-refractivity contribution >= 4 is 11.5 Å². The van der Waals surface area contributed by atoms with Crippen LogP contribution in [0.1, 0.15) is 5.69 Å². The fourth-order valence-corrected chi connectivity index (χ4v) is 1.73. The third-order valence-corrected chi connectivity index (χ3v) is 2.52. The lowest BCUT2D eigenvalue weighted by Crippen LogP contribution is -2.10. The Hall–Kier alpha value is -1.97. The number of hydrogen-bond donors (Lipinski definition) is 2. The average molecular weight is 216 g/mol. The van der Waals surface area contributed by atoms with Crippen LogP contribution in [0.2, 0.25) is 0 Å². The molecule has 1 aromatic heterocycles. The quantitative estimate of drug-likeness (QED) is 0.755. The van der Waals surface area contributed by atoms with Crippen molar-refractivity contribution in [3.05, 3.63) is 30.0 Å². The SMILES string of the molecule is Cc1nc(-c2ccccc2N)[nH]c1N(C)C. The first-order valence-electron chi connectivity index (χ1n) is 5.18. The summed E-state index contributed by atoms with van der Waals surface area (Å²) < 4.78 is 0. The van der Waals surface area contributed by atoms with Crippen molar-refractivity contribution in [3.63, 3.8) is 0 Å². The molecule has 0 saturated carbocycles. The Morgan fingerprint density at radius 3 is 2.50 bits per heavy atom. The highest BCUT2D eigenvalue weighted by molar-refractivity contribution is 5.72. The summed E-state index contributed by atoms with van der Waals surface area (Å²) in [6.45, 7) is 1.98. The van der Waals surface area contributed by atoms with E-state index in [0.29, 0.717) is 0 Å². The van der Waals surface area contributed by atoms with E-state index in [4.69, 9.17) is 5.73 Å². The highest BCUT2D eigenvalue weighted by atomic mass is 15.2. The number of benzene rings is 1. The zero-order valence-corrected chi connectivity index (χ0v) is 9.78. The predicted molar refractivity (Wildman–Crippen MR) is 67.5 cm³/mol. The van der Waals surface area contributed by atoms with Crippen LogP contribution in [-0.2, 0) is 0 Å². The van der Waals surface area contributed by atoms with Crippen LogP contribution < -0.4 is 10.6 Å². The maximum absolute atomic E-state index is 5.91. The second kappa shape index (κ2) is 3.89. The van der Waals surface area contributed by atoms with Gasteiger partial charge in [-0.05, 0) is 19.1 Å². The van der Waals surface area contributed by atoms with Crippen molar-refractivity contribution in [2.75, 3.05) is 24.7 Å². The summed E-state index contributed by atoms with van der Waals surface area (Å²) in [6, 6.07) is 7.72. The van der Waals surface area contributed by atoms with E-state index in [0.717, 1.165) is 28.6 Å². The molecule has 0 spiro atoms. The molecule has 0 radical (unpaired) electrons. The Morgan fingerprint density at radius 2 is 1.94 bits per heavy atom. The molecule has 4 heteroatoms. The number of anilines is 2. The molecule has 0 aliphatic rings. The van der Waals surface area contributed by atoms with Gasteiger partial charge in [0, 0.05) is 25.3 Å². The summed E-state index contributed by atoms with van der Waals surface area (Å²) in [5.74, 6) is 1.83. The average Bonchev–Trinajstić information content (AvgIpc) is 2.61. The van der Waals surface area contributed by atoms with Crippen molar-refractivity contribution in [1.82, 2.24) is 9.97 Å². The number of aromatic amines is 1. The van der Waals surface area contributed by atoms with Crippen molar-refractivity contribution in [2.24, 2.45) is 0 Å². The van der Waals surface area contributed by atoms with Crippen LogP contribution in [0.3, 0.4) is 0 Å². The van der Waals surface area contributed by atoms with Gasteiger partial charge < -0.3 is 15.6 Å². The lowest BCUT2D eigenvalue weighted by molar-refractivity contribution is 1.07. The maximum atomic E-state index is 5.91. The van der Waals surface area contributed by atoms with Gasteiger partial charge >= 0.3 is 0 Å². The van der Waals surface area contributed by atoms with Crippen LogP contribution in [0, 0.1) is 6.92 Å². The Kier molecular flexibility index (Phi) is 2.56.